The maximum atomic E-state index is 13.3. The van der Waals surface area contributed by atoms with Gasteiger partial charge in [-0.05, 0) is 70.9 Å². The maximum Gasteiger partial charge on any atom is 0.293 e. The number of ether oxygens (including phenoxy) is 2. The fourth-order valence-corrected chi connectivity index (χ4v) is 4.44. The van der Waals surface area contributed by atoms with Gasteiger partial charge in [-0.2, -0.15) is 0 Å². The Morgan fingerprint density at radius 1 is 1.00 bits per heavy atom. The van der Waals surface area contributed by atoms with Gasteiger partial charge in [0.15, 0.2) is 11.5 Å². The van der Waals surface area contributed by atoms with Crippen LogP contribution >= 0.6 is 35.0 Å². The summed E-state index contributed by atoms with van der Waals surface area (Å²) >= 11 is 12.8. The van der Waals surface area contributed by atoms with Crippen molar-refractivity contribution in [3.05, 3.63) is 98.1 Å². The molecule has 1 aliphatic rings. The fraction of sp³-hybridized carbons (Fsp3) is 0.120. The Morgan fingerprint density at radius 2 is 1.76 bits per heavy atom. The van der Waals surface area contributed by atoms with Crippen molar-refractivity contribution in [2.75, 3.05) is 7.11 Å². The molecule has 0 aromatic heterocycles. The van der Waals surface area contributed by atoms with Crippen LogP contribution in [0.5, 0.6) is 11.5 Å². The average Bonchev–Trinajstić information content (AvgIpc) is 3.07. The van der Waals surface area contributed by atoms with Gasteiger partial charge in [-0.15, -0.1) is 0 Å². The lowest BCUT2D eigenvalue weighted by Crippen LogP contribution is -2.27. The first-order valence-electron chi connectivity index (χ1n) is 10.1. The number of methoxy groups -OCH3 is 1. The molecule has 0 radical (unpaired) electrons. The van der Waals surface area contributed by atoms with Gasteiger partial charge in [0.25, 0.3) is 11.1 Å². The van der Waals surface area contributed by atoms with E-state index in [1.807, 2.05) is 12.1 Å². The van der Waals surface area contributed by atoms with Crippen molar-refractivity contribution < 1.29 is 23.5 Å². The first-order chi connectivity index (χ1) is 16.3. The van der Waals surface area contributed by atoms with Crippen molar-refractivity contribution in [1.82, 2.24) is 4.90 Å². The second-order valence-corrected chi connectivity index (χ2v) is 9.17. The second-order valence-electron chi connectivity index (χ2n) is 7.33. The molecule has 0 saturated carbocycles. The van der Waals surface area contributed by atoms with E-state index in [9.17, 15) is 14.0 Å². The maximum absolute atomic E-state index is 13.3. The normalized spacial score (nSPS) is 14.7. The van der Waals surface area contributed by atoms with Gasteiger partial charge in [0.1, 0.15) is 12.4 Å². The number of amides is 2. The summed E-state index contributed by atoms with van der Waals surface area (Å²) in [5.74, 6) is 0.0833. The van der Waals surface area contributed by atoms with Crippen LogP contribution in [0.25, 0.3) is 6.08 Å². The van der Waals surface area contributed by atoms with Crippen LogP contribution in [0.15, 0.2) is 65.6 Å². The van der Waals surface area contributed by atoms with E-state index in [1.165, 1.54) is 19.2 Å². The van der Waals surface area contributed by atoms with Crippen molar-refractivity contribution in [3.63, 3.8) is 0 Å². The Balaban J connectivity index is 1.52. The number of imide groups is 1. The minimum absolute atomic E-state index is 0.0425. The fourth-order valence-electron chi connectivity index (χ4n) is 3.25. The summed E-state index contributed by atoms with van der Waals surface area (Å²) in [6.07, 6.45) is 1.62. The zero-order valence-electron chi connectivity index (χ0n) is 17.9. The SMILES string of the molecule is COc1ccc(/C=C2\SC(=O)N(Cc3ccc(F)cc3Cl)C2=O)cc1OCc1ccc(Cl)cc1. The molecule has 1 saturated heterocycles. The largest absolute Gasteiger partial charge is 0.493 e. The zero-order valence-corrected chi connectivity index (χ0v) is 20.2. The Hall–Kier alpha value is -3.00. The minimum atomic E-state index is -0.489. The van der Waals surface area contributed by atoms with Crippen molar-refractivity contribution in [3.8, 4) is 11.5 Å². The van der Waals surface area contributed by atoms with E-state index in [-0.39, 0.29) is 16.5 Å². The van der Waals surface area contributed by atoms with E-state index >= 15 is 0 Å². The highest BCUT2D eigenvalue weighted by Gasteiger charge is 2.35. The molecule has 9 heteroatoms. The monoisotopic (exact) mass is 517 g/mol. The third kappa shape index (κ3) is 5.55. The lowest BCUT2D eigenvalue weighted by Gasteiger charge is -2.13. The van der Waals surface area contributed by atoms with Crippen LogP contribution < -0.4 is 9.47 Å². The lowest BCUT2D eigenvalue weighted by atomic mass is 10.1. The minimum Gasteiger partial charge on any atom is -0.493 e. The third-order valence-electron chi connectivity index (χ3n) is 5.01. The van der Waals surface area contributed by atoms with Crippen molar-refractivity contribution >= 4 is 52.2 Å². The Kier molecular flexibility index (Phi) is 7.46. The van der Waals surface area contributed by atoms with E-state index in [1.54, 1.807) is 36.4 Å². The molecule has 174 valence electrons. The molecular weight excluding hydrogens is 500 g/mol. The summed E-state index contributed by atoms with van der Waals surface area (Å²) in [6.45, 7) is 0.255. The molecule has 0 atom stereocenters. The molecule has 2 amide bonds. The third-order valence-corrected chi connectivity index (χ3v) is 6.52. The summed E-state index contributed by atoms with van der Waals surface area (Å²) in [5, 5.41) is 0.365. The Morgan fingerprint density at radius 3 is 2.47 bits per heavy atom. The van der Waals surface area contributed by atoms with Gasteiger partial charge in [-0.25, -0.2) is 4.39 Å². The van der Waals surface area contributed by atoms with E-state index < -0.39 is 17.0 Å². The smallest absolute Gasteiger partial charge is 0.293 e. The summed E-state index contributed by atoms with van der Waals surface area (Å²) in [7, 11) is 1.54. The van der Waals surface area contributed by atoms with Gasteiger partial charge in [-0.3, -0.25) is 14.5 Å². The number of thioether (sulfide) groups is 1. The average molecular weight is 518 g/mol. The van der Waals surface area contributed by atoms with Crippen LogP contribution in [0, 0.1) is 5.82 Å². The summed E-state index contributed by atoms with van der Waals surface area (Å²) < 4.78 is 24.6. The Bertz CT molecular complexity index is 1280. The highest BCUT2D eigenvalue weighted by molar-refractivity contribution is 8.18. The van der Waals surface area contributed by atoms with E-state index in [4.69, 9.17) is 32.7 Å². The first kappa shape index (κ1) is 24.1. The lowest BCUT2D eigenvalue weighted by molar-refractivity contribution is -0.123. The molecule has 0 unspecified atom stereocenters. The van der Waals surface area contributed by atoms with Crippen LogP contribution in [-0.4, -0.2) is 23.2 Å². The molecule has 1 heterocycles. The molecule has 3 aromatic carbocycles. The summed E-state index contributed by atoms with van der Waals surface area (Å²) in [5.41, 5.74) is 2.07. The van der Waals surface area contributed by atoms with Crippen LogP contribution in [0.1, 0.15) is 16.7 Å². The van der Waals surface area contributed by atoms with E-state index in [0.717, 1.165) is 28.3 Å². The van der Waals surface area contributed by atoms with Gasteiger partial charge in [0.05, 0.1) is 18.6 Å². The second kappa shape index (κ2) is 10.5. The molecule has 1 fully saturated rings. The van der Waals surface area contributed by atoms with E-state index in [2.05, 4.69) is 0 Å². The zero-order chi connectivity index (χ0) is 24.2. The molecular formula is C25H18Cl2FNO4S. The van der Waals surface area contributed by atoms with Crippen LogP contribution in [0.2, 0.25) is 10.0 Å². The highest BCUT2D eigenvalue weighted by Crippen LogP contribution is 2.36. The number of benzene rings is 3. The predicted molar refractivity (Wildman–Crippen MR) is 132 cm³/mol. The molecule has 0 bridgehead atoms. The van der Waals surface area contributed by atoms with Gasteiger partial charge in [-0.1, -0.05) is 47.5 Å². The summed E-state index contributed by atoms with van der Waals surface area (Å²) in [6, 6.07) is 16.4. The number of hydrogen-bond donors (Lipinski definition) is 0. The first-order valence-corrected chi connectivity index (χ1v) is 11.7. The molecule has 0 aliphatic carbocycles. The number of nitrogens with zero attached hydrogens (tertiary/aromatic N) is 1. The van der Waals surface area contributed by atoms with Crippen LogP contribution in [0.4, 0.5) is 9.18 Å². The molecule has 3 aromatic rings. The van der Waals surface area contributed by atoms with Gasteiger partial charge < -0.3 is 9.47 Å². The number of carbonyl (C=O) groups is 2. The van der Waals surface area contributed by atoms with Gasteiger partial charge >= 0.3 is 0 Å². The van der Waals surface area contributed by atoms with Crippen LogP contribution in [-0.2, 0) is 17.9 Å². The van der Waals surface area contributed by atoms with Crippen molar-refractivity contribution in [2.24, 2.45) is 0 Å². The topological polar surface area (TPSA) is 55.8 Å². The number of carbonyl (C=O) groups excluding carboxylic acids is 2. The quantitative estimate of drug-likeness (QED) is 0.317. The predicted octanol–water partition coefficient (Wildman–Crippen LogP) is 6.96. The number of rotatable bonds is 7. The molecule has 0 spiro atoms. The van der Waals surface area contributed by atoms with Crippen molar-refractivity contribution in [2.45, 2.75) is 13.2 Å². The van der Waals surface area contributed by atoms with E-state index in [0.29, 0.717) is 34.3 Å². The van der Waals surface area contributed by atoms with Gasteiger partial charge in [0.2, 0.25) is 0 Å². The molecule has 4 rings (SSSR count). The molecule has 0 N–H and O–H groups in total. The molecule has 5 nitrogen and oxygen atoms in total. The summed E-state index contributed by atoms with van der Waals surface area (Å²) in [4.78, 5) is 26.7. The molecule has 34 heavy (non-hydrogen) atoms. The molecule has 1 aliphatic heterocycles. The van der Waals surface area contributed by atoms with Gasteiger partial charge in [0, 0.05) is 10.0 Å². The standard InChI is InChI=1S/C25H18Cl2FNO4S/c1-32-21-9-4-16(10-22(21)33-14-15-2-6-18(26)7-3-15)11-23-24(30)29(25(31)34-23)13-17-5-8-19(28)12-20(17)27/h2-12H,13-14H2,1H3/b23-11-. The van der Waals surface area contributed by atoms with Crippen LogP contribution in [0.3, 0.4) is 0 Å². The number of hydrogen-bond acceptors (Lipinski definition) is 5. The van der Waals surface area contributed by atoms with Crippen molar-refractivity contribution in [1.29, 1.82) is 0 Å². The highest BCUT2D eigenvalue weighted by atomic mass is 35.5. The Labute approximate surface area is 210 Å². The number of halogens is 3.